The van der Waals surface area contributed by atoms with Gasteiger partial charge in [-0.2, -0.15) is 0 Å². The molecule has 0 aliphatic carbocycles. The Labute approximate surface area is 202 Å². The van der Waals surface area contributed by atoms with E-state index in [-0.39, 0.29) is 11.8 Å². The smallest absolute Gasteiger partial charge is 0.407 e. The summed E-state index contributed by atoms with van der Waals surface area (Å²) < 4.78 is 5.21. The molecule has 0 atom stereocenters. The summed E-state index contributed by atoms with van der Waals surface area (Å²) in [6.45, 7) is 7.67. The molecule has 0 bridgehead atoms. The third-order valence-corrected chi connectivity index (χ3v) is 5.33. The number of aromatic nitrogens is 1. The van der Waals surface area contributed by atoms with Gasteiger partial charge in [0.25, 0.3) is 5.91 Å². The fourth-order valence-electron chi connectivity index (χ4n) is 2.92. The van der Waals surface area contributed by atoms with Crippen molar-refractivity contribution < 1.29 is 19.1 Å². The molecule has 8 nitrogen and oxygen atoms in total. The van der Waals surface area contributed by atoms with E-state index in [1.807, 2.05) is 29.6 Å². The Morgan fingerprint density at radius 1 is 0.912 bits per heavy atom. The predicted octanol–water partition coefficient (Wildman–Crippen LogP) is 4.72. The summed E-state index contributed by atoms with van der Waals surface area (Å²) in [6.07, 6.45) is -0.490. The molecule has 0 spiro atoms. The summed E-state index contributed by atoms with van der Waals surface area (Å²) in [5.41, 5.74) is 3.45. The first-order valence-corrected chi connectivity index (χ1v) is 11.6. The highest BCUT2D eigenvalue weighted by Gasteiger charge is 2.16. The summed E-state index contributed by atoms with van der Waals surface area (Å²) in [7, 11) is 0. The van der Waals surface area contributed by atoms with Gasteiger partial charge in [0.2, 0.25) is 5.91 Å². The number of hydrogen-bond donors (Lipinski definition) is 3. The van der Waals surface area contributed by atoms with Gasteiger partial charge in [-0.15, -0.1) is 11.3 Å². The van der Waals surface area contributed by atoms with Crippen LogP contribution in [0, 0.1) is 0 Å². The van der Waals surface area contributed by atoms with Gasteiger partial charge >= 0.3 is 6.09 Å². The lowest BCUT2D eigenvalue weighted by Crippen LogP contribution is -2.32. The van der Waals surface area contributed by atoms with E-state index < -0.39 is 11.7 Å². The summed E-state index contributed by atoms with van der Waals surface area (Å²) in [5, 5.41) is 10.6. The lowest BCUT2D eigenvalue weighted by atomic mass is 10.1. The molecule has 178 valence electrons. The second kappa shape index (κ2) is 10.9. The molecule has 0 saturated heterocycles. The van der Waals surface area contributed by atoms with Crippen molar-refractivity contribution in [1.82, 2.24) is 15.6 Å². The number of nitrogens with zero attached hydrogens (tertiary/aromatic N) is 1. The number of anilines is 1. The van der Waals surface area contributed by atoms with E-state index in [2.05, 4.69) is 20.9 Å². The molecule has 1 heterocycles. The van der Waals surface area contributed by atoms with E-state index in [1.165, 1.54) is 18.3 Å². The second-order valence-corrected chi connectivity index (χ2v) is 9.51. The fraction of sp³-hybridized carbons (Fsp3) is 0.280. The standard InChI is InChI=1S/C25H28N4O4S/c1-16(30)26-13-17-5-9-19(10-6-17)21-15-34-23(28-21)29-22(31)20-11-7-18(8-12-20)14-27-24(32)33-25(2,3)4/h5-12,15H,13-14H2,1-4H3,(H,26,30)(H,27,32)(H,28,29,31). The third kappa shape index (κ3) is 7.70. The minimum absolute atomic E-state index is 0.0731. The highest BCUT2D eigenvalue weighted by molar-refractivity contribution is 7.14. The van der Waals surface area contributed by atoms with Crippen molar-refractivity contribution in [2.24, 2.45) is 0 Å². The van der Waals surface area contributed by atoms with Crippen LogP contribution in [-0.2, 0) is 22.6 Å². The van der Waals surface area contributed by atoms with Crippen LogP contribution in [0.2, 0.25) is 0 Å². The zero-order valence-electron chi connectivity index (χ0n) is 19.6. The van der Waals surface area contributed by atoms with Crippen LogP contribution in [0.4, 0.5) is 9.93 Å². The second-order valence-electron chi connectivity index (χ2n) is 8.65. The number of nitrogens with one attached hydrogen (secondary N) is 3. The molecule has 9 heteroatoms. The minimum atomic E-state index is -0.557. The number of amides is 3. The lowest BCUT2D eigenvalue weighted by molar-refractivity contribution is -0.119. The van der Waals surface area contributed by atoms with Crippen molar-refractivity contribution in [1.29, 1.82) is 0 Å². The van der Waals surface area contributed by atoms with Crippen LogP contribution in [0.5, 0.6) is 0 Å². The molecule has 0 aliphatic heterocycles. The van der Waals surface area contributed by atoms with Gasteiger partial charge < -0.3 is 15.4 Å². The van der Waals surface area contributed by atoms with E-state index in [0.717, 1.165) is 22.4 Å². The topological polar surface area (TPSA) is 109 Å². The Bertz CT molecular complexity index is 1150. The number of ether oxygens (including phenoxy) is 1. The number of alkyl carbamates (subject to hydrolysis) is 1. The Morgan fingerprint density at radius 2 is 1.50 bits per heavy atom. The SMILES string of the molecule is CC(=O)NCc1ccc(-c2csc(NC(=O)c3ccc(CNC(=O)OC(C)(C)C)cc3)n2)cc1. The Balaban J connectivity index is 1.54. The van der Waals surface area contributed by atoms with E-state index in [4.69, 9.17) is 4.74 Å². The molecule has 3 rings (SSSR count). The zero-order chi connectivity index (χ0) is 24.7. The molecule has 3 N–H and O–H groups in total. The van der Waals surface area contributed by atoms with Crippen molar-refractivity contribution >= 4 is 34.4 Å². The highest BCUT2D eigenvalue weighted by Crippen LogP contribution is 2.25. The molecule has 0 fully saturated rings. The summed E-state index contributed by atoms with van der Waals surface area (Å²) in [5.74, 6) is -0.339. The number of carbonyl (C=O) groups is 3. The summed E-state index contributed by atoms with van der Waals surface area (Å²) in [6, 6.07) is 14.7. The number of carbonyl (C=O) groups excluding carboxylic acids is 3. The van der Waals surface area contributed by atoms with Crippen molar-refractivity contribution in [2.45, 2.75) is 46.4 Å². The Hall–Kier alpha value is -3.72. The number of hydrogen-bond acceptors (Lipinski definition) is 6. The third-order valence-electron chi connectivity index (χ3n) is 4.57. The highest BCUT2D eigenvalue weighted by atomic mass is 32.1. The summed E-state index contributed by atoms with van der Waals surface area (Å²) >= 11 is 1.34. The average Bonchev–Trinajstić information content (AvgIpc) is 3.24. The molecule has 1 aromatic heterocycles. The maximum absolute atomic E-state index is 12.6. The van der Waals surface area contributed by atoms with Gasteiger partial charge in [0.1, 0.15) is 5.60 Å². The first-order chi connectivity index (χ1) is 16.1. The van der Waals surface area contributed by atoms with Gasteiger partial charge in [-0.3, -0.25) is 14.9 Å². The van der Waals surface area contributed by atoms with Gasteiger partial charge in [-0.05, 0) is 44.0 Å². The molecular formula is C25H28N4O4S. The first-order valence-electron chi connectivity index (χ1n) is 10.8. The normalized spacial score (nSPS) is 10.9. The molecule has 3 aromatic rings. The van der Waals surface area contributed by atoms with Gasteiger partial charge in [0.05, 0.1) is 5.69 Å². The quantitative estimate of drug-likeness (QED) is 0.453. The maximum atomic E-state index is 12.6. The molecule has 0 saturated carbocycles. The van der Waals surface area contributed by atoms with Gasteiger partial charge in [-0.25, -0.2) is 9.78 Å². The molecule has 0 unspecified atom stereocenters. The number of benzene rings is 2. The maximum Gasteiger partial charge on any atom is 0.407 e. The lowest BCUT2D eigenvalue weighted by Gasteiger charge is -2.19. The van der Waals surface area contributed by atoms with Crippen molar-refractivity contribution in [3.63, 3.8) is 0 Å². The van der Waals surface area contributed by atoms with Crippen LogP contribution in [0.3, 0.4) is 0 Å². The Kier molecular flexibility index (Phi) is 8.01. The van der Waals surface area contributed by atoms with Crippen molar-refractivity contribution in [2.75, 3.05) is 5.32 Å². The largest absolute Gasteiger partial charge is 0.444 e. The van der Waals surface area contributed by atoms with E-state index in [1.54, 1.807) is 45.0 Å². The molecule has 0 radical (unpaired) electrons. The van der Waals surface area contributed by atoms with Crippen LogP contribution < -0.4 is 16.0 Å². The van der Waals surface area contributed by atoms with Gasteiger partial charge in [0.15, 0.2) is 5.13 Å². The predicted molar refractivity (Wildman–Crippen MR) is 133 cm³/mol. The molecule has 3 amide bonds. The van der Waals surface area contributed by atoms with Crippen LogP contribution in [0.15, 0.2) is 53.9 Å². The average molecular weight is 481 g/mol. The number of thiazole rings is 1. The van der Waals surface area contributed by atoms with Crippen LogP contribution in [0.25, 0.3) is 11.3 Å². The molecule has 0 aliphatic rings. The molecule has 2 aromatic carbocycles. The summed E-state index contributed by atoms with van der Waals surface area (Å²) in [4.78, 5) is 39.9. The number of rotatable bonds is 7. The van der Waals surface area contributed by atoms with Crippen molar-refractivity contribution in [3.8, 4) is 11.3 Å². The van der Waals surface area contributed by atoms with Gasteiger partial charge in [0, 0.05) is 36.5 Å². The van der Waals surface area contributed by atoms with Crippen LogP contribution >= 0.6 is 11.3 Å². The van der Waals surface area contributed by atoms with E-state index >= 15 is 0 Å². The van der Waals surface area contributed by atoms with E-state index in [0.29, 0.717) is 23.8 Å². The molecular weight excluding hydrogens is 452 g/mol. The minimum Gasteiger partial charge on any atom is -0.444 e. The van der Waals surface area contributed by atoms with Crippen molar-refractivity contribution in [3.05, 3.63) is 70.6 Å². The monoisotopic (exact) mass is 480 g/mol. The Morgan fingerprint density at radius 3 is 2.09 bits per heavy atom. The van der Waals surface area contributed by atoms with Gasteiger partial charge in [-0.1, -0.05) is 36.4 Å². The van der Waals surface area contributed by atoms with Crippen LogP contribution in [0.1, 0.15) is 49.2 Å². The first kappa shape index (κ1) is 24.9. The zero-order valence-corrected chi connectivity index (χ0v) is 20.4. The van der Waals surface area contributed by atoms with Crippen LogP contribution in [-0.4, -0.2) is 28.5 Å². The molecule has 34 heavy (non-hydrogen) atoms. The van der Waals surface area contributed by atoms with E-state index in [9.17, 15) is 14.4 Å². The fourth-order valence-corrected chi connectivity index (χ4v) is 3.63.